The molecular formula is C14H17F2NO2. The number of ether oxygens (including phenoxy) is 1. The third kappa shape index (κ3) is 2.63. The van der Waals surface area contributed by atoms with E-state index in [2.05, 4.69) is 5.32 Å². The summed E-state index contributed by atoms with van der Waals surface area (Å²) < 4.78 is 32.0. The topological polar surface area (TPSA) is 41.5 Å². The van der Waals surface area contributed by atoms with Crippen molar-refractivity contribution < 1.29 is 18.6 Å². The van der Waals surface area contributed by atoms with E-state index < -0.39 is 17.7 Å². The third-order valence-electron chi connectivity index (χ3n) is 4.00. The highest BCUT2D eigenvalue weighted by Gasteiger charge is 2.40. The Bertz CT molecular complexity index is 469. The van der Waals surface area contributed by atoms with Crippen LogP contribution in [0.5, 0.6) is 0 Å². The molecule has 1 aromatic rings. The van der Waals surface area contributed by atoms with Crippen LogP contribution in [0.3, 0.4) is 0 Å². The molecule has 0 aliphatic carbocycles. The molecule has 3 nitrogen and oxygen atoms in total. The third-order valence-corrected chi connectivity index (χ3v) is 4.00. The van der Waals surface area contributed by atoms with E-state index in [0.717, 1.165) is 31.4 Å². The molecular weight excluding hydrogens is 252 g/mol. The van der Waals surface area contributed by atoms with Crippen LogP contribution in [-0.4, -0.2) is 29.9 Å². The molecule has 2 bridgehead atoms. The number of hydrogen-bond acceptors (Lipinski definition) is 3. The molecule has 0 radical (unpaired) electrons. The lowest BCUT2D eigenvalue weighted by Crippen LogP contribution is -2.39. The van der Waals surface area contributed by atoms with Gasteiger partial charge in [-0.2, -0.15) is 0 Å². The Kier molecular flexibility index (Phi) is 3.52. The minimum atomic E-state index is -0.972. The Labute approximate surface area is 110 Å². The normalized spacial score (nSPS) is 30.8. The molecule has 4 atom stereocenters. The van der Waals surface area contributed by atoms with E-state index in [1.165, 1.54) is 6.07 Å². The predicted octanol–water partition coefficient (Wildman–Crippen LogP) is 1.91. The van der Waals surface area contributed by atoms with Gasteiger partial charge >= 0.3 is 0 Å². The number of halogens is 2. The number of benzene rings is 1. The van der Waals surface area contributed by atoms with Gasteiger partial charge in [0.05, 0.1) is 18.3 Å². The van der Waals surface area contributed by atoms with Gasteiger partial charge in [-0.25, -0.2) is 8.78 Å². The van der Waals surface area contributed by atoms with Crippen LogP contribution in [0.25, 0.3) is 0 Å². The van der Waals surface area contributed by atoms with Gasteiger partial charge in [-0.05, 0) is 25.3 Å². The average Bonchev–Trinajstić information content (AvgIpc) is 2.98. The number of nitrogens with one attached hydrogen (secondary N) is 1. The van der Waals surface area contributed by atoms with Gasteiger partial charge in [0, 0.05) is 24.2 Å². The quantitative estimate of drug-likeness (QED) is 0.877. The summed E-state index contributed by atoms with van der Waals surface area (Å²) in [6, 6.07) is 3.47. The van der Waals surface area contributed by atoms with Crippen molar-refractivity contribution in [2.45, 2.75) is 43.6 Å². The lowest BCUT2D eigenvalue weighted by Gasteiger charge is -2.22. The lowest BCUT2D eigenvalue weighted by atomic mass is 9.95. The van der Waals surface area contributed by atoms with Crippen LogP contribution in [0.15, 0.2) is 18.2 Å². The first-order valence-corrected chi connectivity index (χ1v) is 6.65. The first-order valence-electron chi connectivity index (χ1n) is 6.65. The second-order valence-electron chi connectivity index (χ2n) is 5.31. The van der Waals surface area contributed by atoms with Gasteiger partial charge in [-0.3, -0.25) is 0 Å². The smallest absolute Gasteiger partial charge is 0.131 e. The predicted molar refractivity (Wildman–Crippen MR) is 65.6 cm³/mol. The second kappa shape index (κ2) is 5.15. The van der Waals surface area contributed by atoms with Crippen molar-refractivity contribution >= 4 is 0 Å². The SMILES string of the molecule is OC(CNC1CC2CCC1O2)c1ccc(F)cc1F. The molecule has 2 heterocycles. The zero-order valence-electron chi connectivity index (χ0n) is 10.5. The molecule has 0 spiro atoms. The van der Waals surface area contributed by atoms with E-state index >= 15 is 0 Å². The standard InChI is InChI=1S/C14H17F2NO2/c15-8-1-3-10(11(16)5-8)13(18)7-17-12-6-9-2-4-14(12)19-9/h1,3,5,9,12-14,17-18H,2,4,6-7H2. The Morgan fingerprint density at radius 1 is 1.37 bits per heavy atom. The van der Waals surface area contributed by atoms with Crippen LogP contribution < -0.4 is 5.32 Å². The van der Waals surface area contributed by atoms with E-state index in [4.69, 9.17) is 4.74 Å². The van der Waals surface area contributed by atoms with Gasteiger partial charge in [-0.1, -0.05) is 6.07 Å². The average molecular weight is 269 g/mol. The first-order chi connectivity index (χ1) is 9.13. The molecule has 5 heteroatoms. The van der Waals surface area contributed by atoms with Gasteiger partial charge in [-0.15, -0.1) is 0 Å². The van der Waals surface area contributed by atoms with Gasteiger partial charge < -0.3 is 15.2 Å². The van der Waals surface area contributed by atoms with Crippen molar-refractivity contribution in [3.8, 4) is 0 Å². The molecule has 2 aliphatic rings. The van der Waals surface area contributed by atoms with E-state index in [1.54, 1.807) is 0 Å². The molecule has 2 fully saturated rings. The number of aliphatic hydroxyl groups is 1. The molecule has 2 saturated heterocycles. The minimum absolute atomic E-state index is 0.123. The minimum Gasteiger partial charge on any atom is -0.387 e. The number of aliphatic hydroxyl groups excluding tert-OH is 1. The summed E-state index contributed by atoms with van der Waals surface area (Å²) in [5.74, 6) is -1.35. The molecule has 104 valence electrons. The Balaban J connectivity index is 1.57. The van der Waals surface area contributed by atoms with Crippen molar-refractivity contribution in [3.05, 3.63) is 35.4 Å². The van der Waals surface area contributed by atoms with Crippen molar-refractivity contribution in [1.82, 2.24) is 5.32 Å². The van der Waals surface area contributed by atoms with Crippen LogP contribution in [0.2, 0.25) is 0 Å². The number of rotatable bonds is 4. The van der Waals surface area contributed by atoms with Gasteiger partial charge in [0.1, 0.15) is 11.6 Å². The maximum Gasteiger partial charge on any atom is 0.131 e. The maximum absolute atomic E-state index is 13.5. The Hall–Kier alpha value is -1.04. The summed E-state index contributed by atoms with van der Waals surface area (Å²) in [5.41, 5.74) is 0.123. The van der Waals surface area contributed by atoms with E-state index in [0.29, 0.717) is 6.10 Å². The molecule has 0 saturated carbocycles. The van der Waals surface area contributed by atoms with Crippen LogP contribution >= 0.6 is 0 Å². The van der Waals surface area contributed by atoms with Gasteiger partial charge in [0.2, 0.25) is 0 Å². The molecule has 0 amide bonds. The molecule has 2 N–H and O–H groups in total. The summed E-state index contributed by atoms with van der Waals surface area (Å²) in [4.78, 5) is 0. The highest BCUT2D eigenvalue weighted by molar-refractivity contribution is 5.21. The van der Waals surface area contributed by atoms with Gasteiger partial charge in [0.15, 0.2) is 0 Å². The fourth-order valence-corrected chi connectivity index (χ4v) is 3.00. The second-order valence-corrected chi connectivity index (χ2v) is 5.31. The number of hydrogen-bond donors (Lipinski definition) is 2. The van der Waals surface area contributed by atoms with Crippen LogP contribution in [0.1, 0.15) is 30.9 Å². The summed E-state index contributed by atoms with van der Waals surface area (Å²) in [5, 5.41) is 13.2. The number of fused-ring (bicyclic) bond motifs is 2. The highest BCUT2D eigenvalue weighted by atomic mass is 19.1. The van der Waals surface area contributed by atoms with E-state index in [-0.39, 0.29) is 24.3 Å². The summed E-state index contributed by atoms with van der Waals surface area (Å²) in [6.07, 6.45) is 2.68. The van der Waals surface area contributed by atoms with Crippen LogP contribution in [0.4, 0.5) is 8.78 Å². The van der Waals surface area contributed by atoms with E-state index in [1.807, 2.05) is 0 Å². The molecule has 1 aromatic carbocycles. The van der Waals surface area contributed by atoms with Crippen LogP contribution in [-0.2, 0) is 4.74 Å². The molecule has 4 unspecified atom stereocenters. The zero-order valence-corrected chi connectivity index (χ0v) is 10.5. The Morgan fingerprint density at radius 3 is 2.84 bits per heavy atom. The van der Waals surface area contributed by atoms with Crippen LogP contribution in [0, 0.1) is 11.6 Å². The molecule has 19 heavy (non-hydrogen) atoms. The van der Waals surface area contributed by atoms with Crippen molar-refractivity contribution in [2.24, 2.45) is 0 Å². The summed E-state index contributed by atoms with van der Waals surface area (Å²) in [7, 11) is 0. The molecule has 0 aromatic heterocycles. The molecule has 2 aliphatic heterocycles. The molecule has 3 rings (SSSR count). The van der Waals surface area contributed by atoms with Crippen molar-refractivity contribution in [3.63, 3.8) is 0 Å². The fraction of sp³-hybridized carbons (Fsp3) is 0.571. The summed E-state index contributed by atoms with van der Waals surface area (Å²) in [6.45, 7) is 0.250. The maximum atomic E-state index is 13.5. The zero-order chi connectivity index (χ0) is 13.4. The first kappa shape index (κ1) is 13.0. The summed E-state index contributed by atoms with van der Waals surface area (Å²) >= 11 is 0. The van der Waals surface area contributed by atoms with E-state index in [9.17, 15) is 13.9 Å². The highest BCUT2D eigenvalue weighted by Crippen LogP contribution is 2.34. The largest absolute Gasteiger partial charge is 0.387 e. The van der Waals surface area contributed by atoms with Crippen molar-refractivity contribution in [1.29, 1.82) is 0 Å². The fourth-order valence-electron chi connectivity index (χ4n) is 3.00. The lowest BCUT2D eigenvalue weighted by molar-refractivity contribution is 0.0940. The van der Waals surface area contributed by atoms with Gasteiger partial charge in [0.25, 0.3) is 0 Å². The Morgan fingerprint density at radius 2 is 2.21 bits per heavy atom. The monoisotopic (exact) mass is 269 g/mol. The van der Waals surface area contributed by atoms with Crippen molar-refractivity contribution in [2.75, 3.05) is 6.54 Å².